The van der Waals surface area contributed by atoms with Crippen molar-refractivity contribution in [2.24, 2.45) is 0 Å². The molecule has 0 radical (unpaired) electrons. The minimum absolute atomic E-state index is 0.429. The minimum atomic E-state index is -0.612. The Morgan fingerprint density at radius 3 is 2.59 bits per heavy atom. The highest BCUT2D eigenvalue weighted by Crippen LogP contribution is 2.34. The lowest BCUT2D eigenvalue weighted by molar-refractivity contribution is 0.311. The standard InChI is InChI=1S/C26H29ClN6O/c1-26(2,17-28)19-7-5-6-18(14-19)24-21(27)16-29-25(31-24)30-20-8-9-22(23(15-20)34-4)33-12-10-32(3)11-13-33/h5-9,14-16H,10-13H2,1-4H3,(H,29,30,31). The van der Waals surface area contributed by atoms with Crippen LogP contribution >= 0.6 is 11.6 Å². The average Bonchev–Trinajstić information content (AvgIpc) is 2.86. The summed E-state index contributed by atoms with van der Waals surface area (Å²) >= 11 is 6.45. The lowest BCUT2D eigenvalue weighted by Gasteiger charge is -2.34. The number of nitriles is 1. The second-order valence-electron chi connectivity index (χ2n) is 9.01. The molecule has 1 aliphatic heterocycles. The number of hydrogen-bond donors (Lipinski definition) is 1. The number of nitrogens with zero attached hydrogens (tertiary/aromatic N) is 5. The first kappa shape index (κ1) is 23.8. The summed E-state index contributed by atoms with van der Waals surface area (Å²) in [4.78, 5) is 13.7. The highest BCUT2D eigenvalue weighted by atomic mass is 35.5. The largest absolute Gasteiger partial charge is 0.495 e. The summed E-state index contributed by atoms with van der Waals surface area (Å²) in [6.07, 6.45) is 1.59. The zero-order valence-corrected chi connectivity index (χ0v) is 20.7. The molecule has 0 spiro atoms. The molecule has 0 amide bonds. The number of benzene rings is 2. The third-order valence-corrected chi connectivity index (χ3v) is 6.44. The number of hydrogen-bond acceptors (Lipinski definition) is 7. The van der Waals surface area contributed by atoms with E-state index in [0.717, 1.165) is 54.4 Å². The Morgan fingerprint density at radius 1 is 1.12 bits per heavy atom. The Balaban J connectivity index is 1.60. The van der Waals surface area contributed by atoms with Crippen molar-refractivity contribution in [2.75, 3.05) is 50.6 Å². The van der Waals surface area contributed by atoms with E-state index in [4.69, 9.17) is 16.3 Å². The molecular formula is C26H29ClN6O. The van der Waals surface area contributed by atoms with Crippen molar-refractivity contribution in [3.05, 3.63) is 59.2 Å². The summed E-state index contributed by atoms with van der Waals surface area (Å²) in [6, 6.07) is 16.1. The van der Waals surface area contributed by atoms with Gasteiger partial charge in [-0.2, -0.15) is 5.26 Å². The summed E-state index contributed by atoms with van der Waals surface area (Å²) in [5.41, 5.74) is 3.63. The van der Waals surface area contributed by atoms with Gasteiger partial charge in [0.2, 0.25) is 5.95 Å². The van der Waals surface area contributed by atoms with Crippen molar-refractivity contribution >= 4 is 28.9 Å². The van der Waals surface area contributed by atoms with Crippen LogP contribution in [-0.2, 0) is 5.41 Å². The van der Waals surface area contributed by atoms with Gasteiger partial charge in [0, 0.05) is 43.5 Å². The van der Waals surface area contributed by atoms with E-state index >= 15 is 0 Å². The van der Waals surface area contributed by atoms with E-state index in [1.54, 1.807) is 13.3 Å². The van der Waals surface area contributed by atoms with Crippen molar-refractivity contribution in [1.82, 2.24) is 14.9 Å². The maximum absolute atomic E-state index is 9.50. The van der Waals surface area contributed by atoms with E-state index in [1.165, 1.54) is 0 Å². The Hall–Kier alpha value is -3.34. The summed E-state index contributed by atoms with van der Waals surface area (Å²) in [6.45, 7) is 7.75. The van der Waals surface area contributed by atoms with E-state index in [0.29, 0.717) is 16.7 Å². The summed E-state index contributed by atoms with van der Waals surface area (Å²) in [7, 11) is 3.83. The molecule has 0 unspecified atom stereocenters. The normalized spacial score (nSPS) is 14.5. The molecule has 3 aromatic rings. The molecule has 34 heavy (non-hydrogen) atoms. The van der Waals surface area contributed by atoms with Crippen molar-refractivity contribution in [3.8, 4) is 23.1 Å². The molecule has 8 heteroatoms. The molecule has 0 atom stereocenters. The molecule has 0 aliphatic carbocycles. The number of methoxy groups -OCH3 is 1. The molecule has 1 fully saturated rings. The van der Waals surface area contributed by atoms with Gasteiger partial charge in [-0.25, -0.2) is 9.97 Å². The van der Waals surface area contributed by atoms with Crippen LogP contribution in [0.4, 0.5) is 17.3 Å². The SMILES string of the molecule is COc1cc(Nc2ncc(Cl)c(-c3cccc(C(C)(C)C#N)c3)n2)ccc1N1CCN(C)CC1. The third-order valence-electron chi connectivity index (χ3n) is 6.16. The van der Waals surface area contributed by atoms with Crippen molar-refractivity contribution in [2.45, 2.75) is 19.3 Å². The van der Waals surface area contributed by atoms with Crippen LogP contribution in [0.5, 0.6) is 5.75 Å². The van der Waals surface area contributed by atoms with E-state index in [1.807, 2.05) is 50.2 Å². The molecule has 1 N–H and O–H groups in total. The molecule has 2 heterocycles. The number of piperazine rings is 1. The first-order chi connectivity index (χ1) is 16.3. The highest BCUT2D eigenvalue weighted by molar-refractivity contribution is 6.32. The van der Waals surface area contributed by atoms with Gasteiger partial charge in [0.1, 0.15) is 5.75 Å². The average molecular weight is 477 g/mol. The fourth-order valence-electron chi connectivity index (χ4n) is 3.94. The van der Waals surface area contributed by atoms with Crippen LogP contribution in [0.3, 0.4) is 0 Å². The first-order valence-corrected chi connectivity index (χ1v) is 11.6. The quantitative estimate of drug-likeness (QED) is 0.530. The monoisotopic (exact) mass is 476 g/mol. The molecule has 176 valence electrons. The second kappa shape index (κ2) is 9.88. The molecule has 7 nitrogen and oxygen atoms in total. The fourth-order valence-corrected chi connectivity index (χ4v) is 4.14. The number of nitrogens with one attached hydrogen (secondary N) is 1. The van der Waals surface area contributed by atoms with E-state index in [-0.39, 0.29) is 0 Å². The Kier molecular flexibility index (Phi) is 6.92. The number of aromatic nitrogens is 2. The van der Waals surface area contributed by atoms with Gasteiger partial charge in [-0.1, -0.05) is 29.8 Å². The Labute approximate surface area is 206 Å². The first-order valence-electron chi connectivity index (χ1n) is 11.2. The molecule has 4 rings (SSSR count). The van der Waals surface area contributed by atoms with Gasteiger partial charge in [0.05, 0.1) is 41.2 Å². The second-order valence-corrected chi connectivity index (χ2v) is 9.42. The van der Waals surface area contributed by atoms with Crippen LogP contribution < -0.4 is 15.0 Å². The summed E-state index contributed by atoms with van der Waals surface area (Å²) in [5, 5.41) is 13.2. The lowest BCUT2D eigenvalue weighted by Crippen LogP contribution is -2.44. The Morgan fingerprint density at radius 2 is 1.88 bits per heavy atom. The van der Waals surface area contributed by atoms with E-state index < -0.39 is 5.41 Å². The van der Waals surface area contributed by atoms with Gasteiger partial charge >= 0.3 is 0 Å². The van der Waals surface area contributed by atoms with E-state index in [9.17, 15) is 5.26 Å². The molecule has 2 aromatic carbocycles. The zero-order valence-electron chi connectivity index (χ0n) is 20.0. The molecule has 0 saturated carbocycles. The predicted molar refractivity (Wildman–Crippen MR) is 137 cm³/mol. The van der Waals surface area contributed by atoms with Crippen LogP contribution in [-0.4, -0.2) is 55.2 Å². The number of halogens is 1. The number of likely N-dealkylation sites (N-methyl/N-ethyl adjacent to an activating group) is 1. The molecule has 0 bridgehead atoms. The molecular weight excluding hydrogens is 448 g/mol. The van der Waals surface area contributed by atoms with Gasteiger partial charge in [0.25, 0.3) is 0 Å². The topological polar surface area (TPSA) is 77.3 Å². The van der Waals surface area contributed by atoms with Gasteiger partial charge in [0.15, 0.2) is 0 Å². The minimum Gasteiger partial charge on any atom is -0.495 e. The lowest BCUT2D eigenvalue weighted by atomic mass is 9.85. The van der Waals surface area contributed by atoms with E-state index in [2.05, 4.69) is 44.3 Å². The van der Waals surface area contributed by atoms with Gasteiger partial charge < -0.3 is 19.9 Å². The van der Waals surface area contributed by atoms with Crippen LogP contribution in [0.1, 0.15) is 19.4 Å². The number of rotatable bonds is 6. The van der Waals surface area contributed by atoms with Crippen LogP contribution in [0.15, 0.2) is 48.7 Å². The summed E-state index contributed by atoms with van der Waals surface area (Å²) in [5.74, 6) is 1.23. The van der Waals surface area contributed by atoms with Crippen molar-refractivity contribution in [1.29, 1.82) is 5.26 Å². The fraction of sp³-hybridized carbons (Fsp3) is 0.346. The van der Waals surface area contributed by atoms with Gasteiger partial charge in [-0.3, -0.25) is 0 Å². The number of anilines is 3. The smallest absolute Gasteiger partial charge is 0.227 e. The van der Waals surface area contributed by atoms with Crippen molar-refractivity contribution < 1.29 is 4.74 Å². The zero-order chi connectivity index (χ0) is 24.3. The summed E-state index contributed by atoms with van der Waals surface area (Å²) < 4.78 is 5.69. The predicted octanol–water partition coefficient (Wildman–Crippen LogP) is 5.10. The van der Waals surface area contributed by atoms with Gasteiger partial charge in [-0.15, -0.1) is 0 Å². The highest BCUT2D eigenvalue weighted by Gasteiger charge is 2.21. The van der Waals surface area contributed by atoms with Crippen LogP contribution in [0, 0.1) is 11.3 Å². The molecule has 1 saturated heterocycles. The van der Waals surface area contributed by atoms with Gasteiger partial charge in [-0.05, 0) is 44.7 Å². The molecule has 1 aromatic heterocycles. The molecule has 1 aliphatic rings. The third kappa shape index (κ3) is 5.09. The van der Waals surface area contributed by atoms with Crippen LogP contribution in [0.25, 0.3) is 11.3 Å². The van der Waals surface area contributed by atoms with Crippen LogP contribution in [0.2, 0.25) is 5.02 Å². The maximum Gasteiger partial charge on any atom is 0.227 e. The van der Waals surface area contributed by atoms with Crippen molar-refractivity contribution in [3.63, 3.8) is 0 Å². The Bertz CT molecular complexity index is 1210. The maximum atomic E-state index is 9.50. The number of ether oxygens (including phenoxy) is 1.